The first-order valence-corrected chi connectivity index (χ1v) is 9.77. The van der Waals surface area contributed by atoms with E-state index < -0.39 is 6.10 Å². The monoisotopic (exact) mass is 399 g/mol. The maximum Gasteiger partial charge on any atom is 0.261 e. The van der Waals surface area contributed by atoms with E-state index in [1.807, 2.05) is 24.3 Å². The van der Waals surface area contributed by atoms with Crippen LogP contribution in [0.2, 0.25) is 5.02 Å². The standard InChI is InChI=1S/C21H22ClN3O3/c22-15-5-7-16(8-6-15)24-11-9-23(10-12-24)13-17(26)14-25-20(27)18-3-1-2-4-19(18)21(25)28/h1-8,17,26H,9-14H2. The van der Waals surface area contributed by atoms with Crippen LogP contribution in [-0.2, 0) is 0 Å². The maximum absolute atomic E-state index is 12.4. The lowest BCUT2D eigenvalue weighted by Crippen LogP contribution is -2.50. The van der Waals surface area contributed by atoms with Gasteiger partial charge in [0, 0.05) is 43.4 Å². The van der Waals surface area contributed by atoms with Crippen molar-refractivity contribution >= 4 is 29.1 Å². The van der Waals surface area contributed by atoms with Crippen LogP contribution in [0.15, 0.2) is 48.5 Å². The van der Waals surface area contributed by atoms with Crippen molar-refractivity contribution in [3.8, 4) is 0 Å². The number of β-amino-alcohol motifs (C(OH)–C–C–N with tert-alkyl or cyclic N) is 1. The third-order valence-corrected chi connectivity index (χ3v) is 5.56. The summed E-state index contributed by atoms with van der Waals surface area (Å²) in [4.78, 5) is 30.4. The number of benzene rings is 2. The zero-order valence-electron chi connectivity index (χ0n) is 15.4. The number of nitrogens with zero attached hydrogens (tertiary/aromatic N) is 3. The first-order valence-electron chi connectivity index (χ1n) is 9.39. The molecule has 0 aromatic heterocycles. The van der Waals surface area contributed by atoms with Crippen molar-refractivity contribution in [2.24, 2.45) is 0 Å². The Morgan fingerprint density at radius 3 is 2.00 bits per heavy atom. The first kappa shape index (κ1) is 18.9. The molecule has 0 bridgehead atoms. The fourth-order valence-corrected chi connectivity index (χ4v) is 3.94. The predicted molar refractivity (Wildman–Crippen MR) is 108 cm³/mol. The van der Waals surface area contributed by atoms with Crippen molar-refractivity contribution in [3.63, 3.8) is 0 Å². The van der Waals surface area contributed by atoms with E-state index >= 15 is 0 Å². The zero-order chi connectivity index (χ0) is 19.7. The molecule has 2 amide bonds. The topological polar surface area (TPSA) is 64.1 Å². The number of amides is 2. The molecular weight excluding hydrogens is 378 g/mol. The van der Waals surface area contributed by atoms with Crippen LogP contribution >= 0.6 is 11.6 Å². The second kappa shape index (κ2) is 7.91. The van der Waals surface area contributed by atoms with Crippen LogP contribution in [0, 0.1) is 0 Å². The summed E-state index contributed by atoms with van der Waals surface area (Å²) in [5.41, 5.74) is 1.96. The lowest BCUT2D eigenvalue weighted by molar-refractivity contribution is 0.0469. The van der Waals surface area contributed by atoms with E-state index in [-0.39, 0.29) is 18.4 Å². The number of aliphatic hydroxyl groups excluding tert-OH is 1. The summed E-state index contributed by atoms with van der Waals surface area (Å²) in [7, 11) is 0. The SMILES string of the molecule is O=C1c2ccccc2C(=O)N1CC(O)CN1CCN(c2ccc(Cl)cc2)CC1. The molecule has 0 saturated carbocycles. The summed E-state index contributed by atoms with van der Waals surface area (Å²) in [6.45, 7) is 3.76. The van der Waals surface area contributed by atoms with Crippen LogP contribution in [0.25, 0.3) is 0 Å². The predicted octanol–water partition coefficient (Wildman–Crippen LogP) is 2.12. The zero-order valence-corrected chi connectivity index (χ0v) is 16.2. The smallest absolute Gasteiger partial charge is 0.261 e. The minimum Gasteiger partial charge on any atom is -0.390 e. The lowest BCUT2D eigenvalue weighted by atomic mass is 10.1. The number of anilines is 1. The van der Waals surface area contributed by atoms with Crippen molar-refractivity contribution in [2.75, 3.05) is 44.2 Å². The third-order valence-electron chi connectivity index (χ3n) is 5.30. The number of carbonyl (C=O) groups is 2. The molecule has 2 aliphatic heterocycles. The summed E-state index contributed by atoms with van der Waals surface area (Å²) in [5.74, 6) is -0.653. The van der Waals surface area contributed by atoms with Gasteiger partial charge in [-0.3, -0.25) is 19.4 Å². The minimum absolute atomic E-state index is 0.0176. The van der Waals surface area contributed by atoms with Gasteiger partial charge in [-0.05, 0) is 36.4 Å². The average molecular weight is 400 g/mol. The molecular formula is C21H22ClN3O3. The molecule has 1 atom stereocenters. The first-order chi connectivity index (χ1) is 13.5. The Morgan fingerprint density at radius 2 is 1.43 bits per heavy atom. The molecule has 0 spiro atoms. The third kappa shape index (κ3) is 3.76. The summed E-state index contributed by atoms with van der Waals surface area (Å²) >= 11 is 5.94. The number of hydrogen-bond acceptors (Lipinski definition) is 5. The van der Waals surface area contributed by atoms with Gasteiger partial charge in [0.1, 0.15) is 0 Å². The van der Waals surface area contributed by atoms with Gasteiger partial charge in [-0.2, -0.15) is 0 Å². The molecule has 2 heterocycles. The Bertz CT molecular complexity index is 844. The molecule has 28 heavy (non-hydrogen) atoms. The van der Waals surface area contributed by atoms with Gasteiger partial charge in [-0.15, -0.1) is 0 Å². The van der Waals surface area contributed by atoms with E-state index in [2.05, 4.69) is 9.80 Å². The Kier molecular flexibility index (Phi) is 5.35. The largest absolute Gasteiger partial charge is 0.390 e. The van der Waals surface area contributed by atoms with E-state index in [4.69, 9.17) is 11.6 Å². The molecule has 1 fully saturated rings. The van der Waals surface area contributed by atoms with Crippen LogP contribution < -0.4 is 4.90 Å². The maximum atomic E-state index is 12.4. The van der Waals surface area contributed by atoms with Crippen molar-refractivity contribution in [3.05, 3.63) is 64.7 Å². The van der Waals surface area contributed by atoms with Crippen LogP contribution in [-0.4, -0.2) is 72.1 Å². The molecule has 6 nitrogen and oxygen atoms in total. The van der Waals surface area contributed by atoms with E-state index in [0.29, 0.717) is 17.7 Å². The van der Waals surface area contributed by atoms with E-state index in [1.165, 1.54) is 0 Å². The molecule has 0 aliphatic carbocycles. The molecule has 4 rings (SSSR count). The van der Waals surface area contributed by atoms with E-state index in [1.54, 1.807) is 24.3 Å². The summed E-state index contributed by atoms with van der Waals surface area (Å²) < 4.78 is 0. The Hall–Kier alpha value is -2.41. The molecule has 2 aliphatic rings. The number of piperazine rings is 1. The lowest BCUT2D eigenvalue weighted by Gasteiger charge is -2.37. The second-order valence-electron chi connectivity index (χ2n) is 7.18. The molecule has 1 saturated heterocycles. The van der Waals surface area contributed by atoms with Gasteiger partial charge < -0.3 is 10.0 Å². The molecule has 1 unspecified atom stereocenters. The summed E-state index contributed by atoms with van der Waals surface area (Å²) in [6.07, 6.45) is -0.774. The quantitative estimate of drug-likeness (QED) is 0.780. The van der Waals surface area contributed by atoms with Crippen molar-refractivity contribution in [2.45, 2.75) is 6.10 Å². The van der Waals surface area contributed by atoms with Crippen molar-refractivity contribution in [1.82, 2.24) is 9.80 Å². The molecule has 146 valence electrons. The molecule has 1 N–H and O–H groups in total. The Balaban J connectivity index is 1.30. The van der Waals surface area contributed by atoms with Gasteiger partial charge in [-0.25, -0.2) is 0 Å². The van der Waals surface area contributed by atoms with Crippen LogP contribution in [0.1, 0.15) is 20.7 Å². The van der Waals surface area contributed by atoms with Crippen molar-refractivity contribution < 1.29 is 14.7 Å². The number of carbonyl (C=O) groups excluding carboxylic acids is 2. The molecule has 2 aromatic rings. The minimum atomic E-state index is -0.774. The highest BCUT2D eigenvalue weighted by Gasteiger charge is 2.36. The number of halogens is 1. The molecule has 0 radical (unpaired) electrons. The van der Waals surface area contributed by atoms with E-state index in [9.17, 15) is 14.7 Å². The second-order valence-corrected chi connectivity index (χ2v) is 7.62. The fraction of sp³-hybridized carbons (Fsp3) is 0.333. The van der Waals surface area contributed by atoms with Crippen LogP contribution in [0.4, 0.5) is 5.69 Å². The highest BCUT2D eigenvalue weighted by atomic mass is 35.5. The van der Waals surface area contributed by atoms with Crippen LogP contribution in [0.3, 0.4) is 0 Å². The molecule has 7 heteroatoms. The highest BCUT2D eigenvalue weighted by molar-refractivity contribution is 6.30. The average Bonchev–Trinajstić information content (AvgIpc) is 2.94. The fourth-order valence-electron chi connectivity index (χ4n) is 3.81. The highest BCUT2D eigenvalue weighted by Crippen LogP contribution is 2.23. The molecule has 2 aromatic carbocycles. The normalized spacial score (nSPS) is 18.5. The van der Waals surface area contributed by atoms with Gasteiger partial charge in [0.25, 0.3) is 11.8 Å². The van der Waals surface area contributed by atoms with Gasteiger partial charge in [0.2, 0.25) is 0 Å². The van der Waals surface area contributed by atoms with Gasteiger partial charge in [0.05, 0.1) is 23.8 Å². The number of fused-ring (bicyclic) bond motifs is 1. The number of imide groups is 1. The summed E-state index contributed by atoms with van der Waals surface area (Å²) in [5, 5.41) is 11.2. The Labute approximate surface area is 168 Å². The van der Waals surface area contributed by atoms with Crippen molar-refractivity contribution in [1.29, 1.82) is 0 Å². The van der Waals surface area contributed by atoms with Gasteiger partial charge in [0.15, 0.2) is 0 Å². The van der Waals surface area contributed by atoms with Gasteiger partial charge in [-0.1, -0.05) is 23.7 Å². The number of rotatable bonds is 5. The van der Waals surface area contributed by atoms with E-state index in [0.717, 1.165) is 41.8 Å². The number of aliphatic hydroxyl groups is 1. The Morgan fingerprint density at radius 1 is 0.857 bits per heavy atom. The van der Waals surface area contributed by atoms with Crippen LogP contribution in [0.5, 0.6) is 0 Å². The number of hydrogen-bond donors (Lipinski definition) is 1. The summed E-state index contributed by atoms with van der Waals surface area (Å²) in [6, 6.07) is 14.6. The van der Waals surface area contributed by atoms with Gasteiger partial charge >= 0.3 is 0 Å².